The summed E-state index contributed by atoms with van der Waals surface area (Å²) < 4.78 is 2.52. The maximum absolute atomic E-state index is 2.52. The molecule has 4 aromatic carbocycles. The van der Waals surface area contributed by atoms with Crippen LogP contribution in [-0.4, -0.2) is 11.3 Å². The summed E-state index contributed by atoms with van der Waals surface area (Å²) in [5.41, 5.74) is 14.6. The van der Waals surface area contributed by atoms with Crippen LogP contribution in [-0.2, 0) is 0 Å². The molecule has 0 aliphatic rings. The van der Waals surface area contributed by atoms with E-state index >= 15 is 0 Å². The lowest BCUT2D eigenvalue weighted by Gasteiger charge is -2.25. The number of rotatable bonds is 4. The van der Waals surface area contributed by atoms with E-state index in [2.05, 4.69) is 131 Å². The molecule has 1 heterocycles. The van der Waals surface area contributed by atoms with Gasteiger partial charge >= 0.3 is 6.85 Å². The summed E-state index contributed by atoms with van der Waals surface area (Å²) >= 11 is 0. The van der Waals surface area contributed by atoms with Crippen molar-refractivity contribution in [1.29, 1.82) is 0 Å². The Morgan fingerprint density at radius 3 is 1.56 bits per heavy atom. The van der Waals surface area contributed by atoms with Gasteiger partial charge in [-0.2, -0.15) is 0 Å². The van der Waals surface area contributed by atoms with Crippen molar-refractivity contribution in [3.05, 3.63) is 118 Å². The highest BCUT2D eigenvalue weighted by Gasteiger charge is 2.31. The monoisotopic (exact) mass is 441 g/mol. The topological polar surface area (TPSA) is 4.93 Å². The smallest absolute Gasteiger partial charge is 0.328 e. The van der Waals surface area contributed by atoms with E-state index in [4.69, 9.17) is 0 Å². The van der Waals surface area contributed by atoms with Gasteiger partial charge in [-0.15, -0.1) is 0 Å². The second-order valence-electron chi connectivity index (χ2n) is 9.86. The van der Waals surface area contributed by atoms with Crippen molar-refractivity contribution < 1.29 is 0 Å². The number of aryl methyl sites for hydroxylation is 6. The number of hydrogen-bond donors (Lipinski definition) is 0. The van der Waals surface area contributed by atoms with Crippen LogP contribution >= 0.6 is 0 Å². The predicted octanol–water partition coefficient (Wildman–Crippen LogP) is 6.81. The first-order valence-electron chi connectivity index (χ1n) is 12.2. The van der Waals surface area contributed by atoms with Crippen LogP contribution in [0.3, 0.4) is 0 Å². The molecule has 0 saturated heterocycles. The number of aromatic nitrogens is 1. The average Bonchev–Trinajstić information content (AvgIpc) is 3.17. The molecule has 168 valence electrons. The van der Waals surface area contributed by atoms with Gasteiger partial charge in [-0.3, -0.25) is 0 Å². The summed E-state index contributed by atoms with van der Waals surface area (Å²) in [5, 5.41) is 1.29. The van der Waals surface area contributed by atoms with E-state index in [0.29, 0.717) is 0 Å². The largest absolute Gasteiger partial charge is 0.382 e. The zero-order valence-corrected chi connectivity index (χ0v) is 21.1. The molecule has 1 nitrogen and oxygen atoms in total. The highest BCUT2D eigenvalue weighted by atomic mass is 14.9. The van der Waals surface area contributed by atoms with Crippen LogP contribution in [0.15, 0.2) is 85.1 Å². The molecule has 2 heteroatoms. The van der Waals surface area contributed by atoms with E-state index in [9.17, 15) is 0 Å². The van der Waals surface area contributed by atoms with E-state index < -0.39 is 0 Å². The summed E-state index contributed by atoms with van der Waals surface area (Å²) in [6.45, 7) is 13.6. The molecule has 1 aromatic heterocycles. The summed E-state index contributed by atoms with van der Waals surface area (Å²) in [5.74, 6) is 0. The molecule has 0 bridgehead atoms. The van der Waals surface area contributed by atoms with Gasteiger partial charge in [0.15, 0.2) is 0 Å². The van der Waals surface area contributed by atoms with Crippen LogP contribution in [0.2, 0.25) is 0 Å². The second-order valence-corrected chi connectivity index (χ2v) is 9.86. The fourth-order valence-electron chi connectivity index (χ4n) is 5.93. The first kappa shape index (κ1) is 22.3. The first-order valence-corrected chi connectivity index (χ1v) is 12.2. The molecular weight excluding hydrogens is 409 g/mol. The fourth-order valence-corrected chi connectivity index (χ4v) is 5.93. The Labute approximate surface area is 204 Å². The molecule has 0 radical (unpaired) electrons. The molecule has 5 rings (SSSR count). The Balaban J connectivity index is 1.89. The summed E-state index contributed by atoms with van der Waals surface area (Å²) in [6.07, 6.45) is 2.38. The molecule has 0 saturated carbocycles. The van der Waals surface area contributed by atoms with Crippen LogP contribution in [0.1, 0.15) is 33.4 Å². The highest BCUT2D eigenvalue weighted by Crippen LogP contribution is 2.31. The third-order valence-corrected chi connectivity index (χ3v) is 7.13. The van der Waals surface area contributed by atoms with Crippen molar-refractivity contribution in [3.8, 4) is 11.1 Å². The van der Waals surface area contributed by atoms with E-state index in [-0.39, 0.29) is 6.85 Å². The minimum atomic E-state index is 0.101. The summed E-state index contributed by atoms with van der Waals surface area (Å²) in [7, 11) is 0. The van der Waals surface area contributed by atoms with E-state index in [0.717, 1.165) is 0 Å². The number of para-hydroxylation sites is 1. The summed E-state index contributed by atoms with van der Waals surface area (Å²) in [4.78, 5) is 0. The van der Waals surface area contributed by atoms with Gasteiger partial charge in [0.1, 0.15) is 0 Å². The van der Waals surface area contributed by atoms with Crippen molar-refractivity contribution in [2.75, 3.05) is 0 Å². The van der Waals surface area contributed by atoms with Gasteiger partial charge < -0.3 is 4.48 Å². The van der Waals surface area contributed by atoms with Gasteiger partial charge in [-0.05, 0) is 64.1 Å². The van der Waals surface area contributed by atoms with Crippen molar-refractivity contribution in [1.82, 2.24) is 4.48 Å². The molecule has 0 amide bonds. The number of hydrogen-bond acceptors (Lipinski definition) is 0. The van der Waals surface area contributed by atoms with Crippen LogP contribution in [0.5, 0.6) is 0 Å². The van der Waals surface area contributed by atoms with Gasteiger partial charge in [0.25, 0.3) is 0 Å². The lowest BCUT2D eigenvalue weighted by atomic mass is 9.46. The molecule has 0 aliphatic heterocycles. The SMILES string of the molecule is Cc1cc(C)c(B(c2c(C)cc(C)cc2C)n2cc(-c3ccccc3)c3ccccc32)c(C)c1. The van der Waals surface area contributed by atoms with Crippen LogP contribution in [0.4, 0.5) is 0 Å². The van der Waals surface area contributed by atoms with Crippen molar-refractivity contribution >= 4 is 28.7 Å². The standard InChI is InChI=1S/C32H32BN/c1-21-16-23(3)31(24(4)17-21)33(32-25(5)18-22(2)19-26(32)6)34-20-29(27-12-8-7-9-13-27)28-14-10-11-15-30(28)34/h7-20H,1-6H3. The molecule has 0 fully saturated rings. The van der Waals surface area contributed by atoms with Crippen LogP contribution < -0.4 is 10.9 Å². The Hall–Kier alpha value is -3.52. The molecule has 0 N–H and O–H groups in total. The van der Waals surface area contributed by atoms with Crippen molar-refractivity contribution in [3.63, 3.8) is 0 Å². The number of fused-ring (bicyclic) bond motifs is 1. The zero-order chi connectivity index (χ0) is 24.0. The number of benzene rings is 4. The van der Waals surface area contributed by atoms with Crippen molar-refractivity contribution in [2.24, 2.45) is 0 Å². The minimum Gasteiger partial charge on any atom is -0.382 e. The van der Waals surface area contributed by atoms with E-state index in [1.54, 1.807) is 0 Å². The average molecular weight is 441 g/mol. The lowest BCUT2D eigenvalue weighted by Crippen LogP contribution is -2.52. The number of nitrogens with zero attached hydrogens (tertiary/aromatic N) is 1. The van der Waals surface area contributed by atoms with Gasteiger partial charge in [-0.1, -0.05) is 106 Å². The highest BCUT2D eigenvalue weighted by molar-refractivity contribution is 6.85. The van der Waals surface area contributed by atoms with E-state index in [1.165, 1.54) is 66.3 Å². The van der Waals surface area contributed by atoms with Gasteiger partial charge in [0, 0.05) is 22.7 Å². The van der Waals surface area contributed by atoms with Gasteiger partial charge in [-0.25, -0.2) is 0 Å². The zero-order valence-electron chi connectivity index (χ0n) is 21.1. The van der Waals surface area contributed by atoms with Crippen LogP contribution in [0, 0.1) is 41.5 Å². The Morgan fingerprint density at radius 1 is 0.559 bits per heavy atom. The predicted molar refractivity (Wildman–Crippen MR) is 149 cm³/mol. The maximum atomic E-state index is 2.52. The minimum absolute atomic E-state index is 0.101. The fraction of sp³-hybridized carbons (Fsp3) is 0.188. The quantitative estimate of drug-likeness (QED) is 0.270. The molecule has 0 unspecified atom stereocenters. The maximum Gasteiger partial charge on any atom is 0.328 e. The molecule has 0 aliphatic carbocycles. The Bertz CT molecular complexity index is 1400. The third kappa shape index (κ3) is 3.78. The molecule has 0 spiro atoms. The third-order valence-electron chi connectivity index (χ3n) is 7.13. The van der Waals surface area contributed by atoms with Gasteiger partial charge in [0.2, 0.25) is 0 Å². The van der Waals surface area contributed by atoms with Gasteiger partial charge in [0.05, 0.1) is 0 Å². The van der Waals surface area contributed by atoms with E-state index in [1.807, 2.05) is 0 Å². The summed E-state index contributed by atoms with van der Waals surface area (Å²) in [6, 6.07) is 28.9. The Morgan fingerprint density at radius 2 is 1.03 bits per heavy atom. The van der Waals surface area contributed by atoms with Crippen LogP contribution in [0.25, 0.3) is 22.0 Å². The second kappa shape index (κ2) is 8.68. The molecule has 5 aromatic rings. The molecule has 0 atom stereocenters. The van der Waals surface area contributed by atoms with Crippen molar-refractivity contribution in [2.45, 2.75) is 41.5 Å². The Kier molecular flexibility index (Phi) is 5.69. The first-order chi connectivity index (χ1) is 16.3. The molecule has 34 heavy (non-hydrogen) atoms. The normalized spacial score (nSPS) is 11.2. The lowest BCUT2D eigenvalue weighted by molar-refractivity contribution is 1.24. The molecular formula is C32H32BN.